The van der Waals surface area contributed by atoms with Crippen LogP contribution in [0.4, 0.5) is 0 Å². The molecular formula is C21H27NO2. The fraction of sp³-hybridized carbons (Fsp3) is 0.667. The Hall–Kier alpha value is -1.35. The molecule has 3 atom stereocenters. The number of hydrogen-bond donors (Lipinski definition) is 1. The molecule has 4 aliphatic rings. The summed E-state index contributed by atoms with van der Waals surface area (Å²) in [6.45, 7) is 2.18. The first-order valence-corrected chi connectivity index (χ1v) is 9.81. The molecule has 3 nitrogen and oxygen atoms in total. The van der Waals surface area contributed by atoms with Crippen molar-refractivity contribution in [2.45, 2.75) is 62.8 Å². The zero-order valence-corrected chi connectivity index (χ0v) is 14.3. The molecule has 3 heteroatoms. The van der Waals surface area contributed by atoms with E-state index in [-0.39, 0.29) is 11.5 Å². The van der Waals surface area contributed by atoms with Crippen molar-refractivity contribution in [1.82, 2.24) is 4.90 Å². The number of likely N-dealkylation sites (tertiary alicyclic amines) is 1. The minimum atomic E-state index is 0.0942. The summed E-state index contributed by atoms with van der Waals surface area (Å²) in [6, 6.07) is 5.59. The van der Waals surface area contributed by atoms with E-state index in [0.29, 0.717) is 17.5 Å². The van der Waals surface area contributed by atoms with Gasteiger partial charge in [-0.1, -0.05) is 19.3 Å². The lowest BCUT2D eigenvalue weighted by molar-refractivity contribution is -0.0135. The number of rotatable bonds is 2. The molecule has 1 unspecified atom stereocenters. The van der Waals surface area contributed by atoms with Gasteiger partial charge in [0.25, 0.3) is 0 Å². The Morgan fingerprint density at radius 1 is 1.12 bits per heavy atom. The van der Waals surface area contributed by atoms with E-state index in [1.54, 1.807) is 6.07 Å². The molecule has 2 saturated carbocycles. The Balaban J connectivity index is 1.60. The maximum atomic E-state index is 13.4. The van der Waals surface area contributed by atoms with Gasteiger partial charge in [0.05, 0.1) is 6.04 Å². The summed E-state index contributed by atoms with van der Waals surface area (Å²) in [5.74, 6) is 1.92. The van der Waals surface area contributed by atoms with Gasteiger partial charge in [-0.25, -0.2) is 0 Å². The van der Waals surface area contributed by atoms with Crippen molar-refractivity contribution in [2.24, 2.45) is 11.8 Å². The average molecular weight is 325 g/mol. The molecule has 3 aliphatic carbocycles. The predicted molar refractivity (Wildman–Crippen MR) is 93.4 cm³/mol. The number of benzene rings is 1. The van der Waals surface area contributed by atoms with Gasteiger partial charge in [-0.15, -0.1) is 0 Å². The fourth-order valence-corrected chi connectivity index (χ4v) is 6.12. The lowest BCUT2D eigenvalue weighted by Crippen LogP contribution is -2.64. The lowest BCUT2D eigenvalue weighted by atomic mass is 9.52. The van der Waals surface area contributed by atoms with Crippen LogP contribution in [0.25, 0.3) is 0 Å². The number of fused-ring (bicyclic) bond motifs is 1. The molecular weight excluding hydrogens is 298 g/mol. The number of piperidine rings is 1. The second-order valence-electron chi connectivity index (χ2n) is 8.59. The number of nitrogens with zero attached hydrogens (tertiary/aromatic N) is 1. The van der Waals surface area contributed by atoms with Crippen LogP contribution in [0.1, 0.15) is 67.3 Å². The first kappa shape index (κ1) is 14.9. The first-order valence-electron chi connectivity index (χ1n) is 9.81. The van der Waals surface area contributed by atoms with E-state index in [1.807, 2.05) is 12.1 Å². The molecule has 1 aromatic carbocycles. The SMILES string of the molecule is O=C1c2ccc(O)cc2[C@@]23CCCCC2[C@@H]1N(CC1CCC1)CC3. The minimum absolute atomic E-state index is 0.0942. The lowest BCUT2D eigenvalue weighted by Gasteiger charge is -2.58. The highest BCUT2D eigenvalue weighted by atomic mass is 16.3. The van der Waals surface area contributed by atoms with Gasteiger partial charge in [0.15, 0.2) is 5.78 Å². The molecule has 1 N–H and O–H groups in total. The number of hydrogen-bond acceptors (Lipinski definition) is 3. The zero-order valence-electron chi connectivity index (χ0n) is 14.3. The summed E-state index contributed by atoms with van der Waals surface area (Å²) < 4.78 is 0. The second-order valence-corrected chi connectivity index (χ2v) is 8.59. The van der Waals surface area contributed by atoms with Gasteiger partial charge in [0.2, 0.25) is 0 Å². The summed E-state index contributed by atoms with van der Waals surface area (Å²) >= 11 is 0. The van der Waals surface area contributed by atoms with E-state index in [2.05, 4.69) is 4.90 Å². The van der Waals surface area contributed by atoms with Crippen LogP contribution in [0.15, 0.2) is 18.2 Å². The molecule has 1 aliphatic heterocycles. The largest absolute Gasteiger partial charge is 0.508 e. The molecule has 0 radical (unpaired) electrons. The van der Waals surface area contributed by atoms with E-state index in [4.69, 9.17) is 0 Å². The maximum Gasteiger partial charge on any atom is 0.180 e. The zero-order chi connectivity index (χ0) is 16.3. The third-order valence-corrected chi connectivity index (χ3v) is 7.51. The normalized spacial score (nSPS) is 35.9. The summed E-state index contributed by atoms with van der Waals surface area (Å²) in [5.41, 5.74) is 2.20. The smallest absolute Gasteiger partial charge is 0.180 e. The molecule has 5 rings (SSSR count). The molecule has 128 valence electrons. The van der Waals surface area contributed by atoms with Crippen molar-refractivity contribution in [2.75, 3.05) is 13.1 Å². The monoisotopic (exact) mass is 325 g/mol. The van der Waals surface area contributed by atoms with Crippen LogP contribution < -0.4 is 0 Å². The molecule has 1 aromatic rings. The van der Waals surface area contributed by atoms with Gasteiger partial charge >= 0.3 is 0 Å². The van der Waals surface area contributed by atoms with E-state index in [9.17, 15) is 9.90 Å². The third-order valence-electron chi connectivity index (χ3n) is 7.51. The number of ketones is 1. The standard InChI is InChI=1S/C21H27NO2/c23-15-7-8-16-18(12-15)21-9-2-1-6-17(21)19(20(16)24)22(11-10-21)13-14-4-3-5-14/h7-8,12,14,17,19,23H,1-6,9-11,13H2/t17?,19-,21+/m0/s1. The highest BCUT2D eigenvalue weighted by molar-refractivity contribution is 6.04. The molecule has 0 aromatic heterocycles. The van der Waals surface area contributed by atoms with Crippen LogP contribution in [0.3, 0.4) is 0 Å². The summed E-state index contributed by atoms with van der Waals surface area (Å²) in [4.78, 5) is 15.9. The van der Waals surface area contributed by atoms with Gasteiger partial charge in [0, 0.05) is 17.5 Å². The number of phenols is 1. The van der Waals surface area contributed by atoms with E-state index < -0.39 is 0 Å². The Morgan fingerprint density at radius 3 is 2.79 bits per heavy atom. The number of phenolic OH excluding ortho intramolecular Hbond substituents is 1. The highest BCUT2D eigenvalue weighted by Gasteiger charge is 2.57. The number of carbonyl (C=O) groups is 1. The van der Waals surface area contributed by atoms with E-state index in [0.717, 1.165) is 36.6 Å². The third kappa shape index (κ3) is 1.97. The Bertz CT molecular complexity index is 680. The molecule has 0 spiro atoms. The van der Waals surface area contributed by atoms with Gasteiger partial charge in [-0.05, 0) is 74.2 Å². The van der Waals surface area contributed by atoms with Crippen molar-refractivity contribution in [3.63, 3.8) is 0 Å². The molecule has 1 heterocycles. The van der Waals surface area contributed by atoms with Crippen molar-refractivity contribution in [3.8, 4) is 5.75 Å². The Labute approximate surface area is 144 Å². The van der Waals surface area contributed by atoms with Crippen molar-refractivity contribution < 1.29 is 9.90 Å². The van der Waals surface area contributed by atoms with Crippen molar-refractivity contribution in [1.29, 1.82) is 0 Å². The number of Topliss-reactive ketones (excluding diaryl/α,β-unsaturated/α-hetero) is 1. The summed E-state index contributed by atoms with van der Waals surface area (Å²) in [6.07, 6.45) is 10.1. The average Bonchev–Trinajstić information content (AvgIpc) is 2.56. The van der Waals surface area contributed by atoms with Gasteiger partial charge < -0.3 is 5.11 Å². The first-order chi connectivity index (χ1) is 11.7. The summed E-state index contributed by atoms with van der Waals surface area (Å²) in [7, 11) is 0. The maximum absolute atomic E-state index is 13.4. The van der Waals surface area contributed by atoms with E-state index >= 15 is 0 Å². The molecule has 24 heavy (non-hydrogen) atoms. The number of carbonyl (C=O) groups excluding carboxylic acids is 1. The van der Waals surface area contributed by atoms with Crippen molar-refractivity contribution in [3.05, 3.63) is 29.3 Å². The van der Waals surface area contributed by atoms with Crippen LogP contribution in [0, 0.1) is 11.8 Å². The summed E-state index contributed by atoms with van der Waals surface area (Å²) in [5, 5.41) is 10.0. The molecule has 2 bridgehead atoms. The van der Waals surface area contributed by atoms with E-state index in [1.165, 1.54) is 44.9 Å². The molecule has 3 fully saturated rings. The Morgan fingerprint density at radius 2 is 2.00 bits per heavy atom. The van der Waals surface area contributed by atoms with Crippen molar-refractivity contribution >= 4 is 5.78 Å². The van der Waals surface area contributed by atoms with Crippen LogP contribution in [0.2, 0.25) is 0 Å². The highest BCUT2D eigenvalue weighted by Crippen LogP contribution is 2.56. The molecule has 0 amide bonds. The second kappa shape index (κ2) is 5.32. The number of aromatic hydroxyl groups is 1. The topological polar surface area (TPSA) is 40.5 Å². The van der Waals surface area contributed by atoms with Gasteiger partial charge in [-0.3, -0.25) is 9.69 Å². The Kier molecular flexibility index (Phi) is 3.31. The fourth-order valence-electron chi connectivity index (χ4n) is 6.12. The van der Waals surface area contributed by atoms with Crippen LogP contribution in [-0.4, -0.2) is 34.9 Å². The van der Waals surface area contributed by atoms with Crippen LogP contribution >= 0.6 is 0 Å². The van der Waals surface area contributed by atoms with Gasteiger partial charge in [-0.2, -0.15) is 0 Å². The van der Waals surface area contributed by atoms with Crippen LogP contribution in [0.5, 0.6) is 5.75 Å². The minimum Gasteiger partial charge on any atom is -0.508 e. The quantitative estimate of drug-likeness (QED) is 0.897. The molecule has 1 saturated heterocycles. The van der Waals surface area contributed by atoms with Crippen LogP contribution in [-0.2, 0) is 5.41 Å². The van der Waals surface area contributed by atoms with Gasteiger partial charge in [0.1, 0.15) is 5.75 Å². The predicted octanol–water partition coefficient (Wildman–Crippen LogP) is 3.89.